The van der Waals surface area contributed by atoms with E-state index in [0.29, 0.717) is 17.8 Å². The number of carbonyl (C=O) groups excluding carboxylic acids is 1. The molecule has 0 aliphatic carbocycles. The van der Waals surface area contributed by atoms with E-state index in [9.17, 15) is 9.90 Å². The summed E-state index contributed by atoms with van der Waals surface area (Å²) in [5.74, 6) is -0.453. The number of nitrogen functional groups attached to an aromatic ring is 1. The first-order chi connectivity index (χ1) is 8.80. The molecule has 19 heavy (non-hydrogen) atoms. The topological polar surface area (TPSA) is 84.6 Å². The number of esters is 1. The van der Waals surface area contributed by atoms with E-state index in [2.05, 4.69) is 5.32 Å². The first-order valence-corrected chi connectivity index (χ1v) is 6.14. The van der Waals surface area contributed by atoms with Crippen LogP contribution in [0.5, 0.6) is 0 Å². The third-order valence-corrected chi connectivity index (χ3v) is 2.99. The van der Waals surface area contributed by atoms with E-state index in [1.807, 2.05) is 26.8 Å². The van der Waals surface area contributed by atoms with Gasteiger partial charge in [0, 0.05) is 29.9 Å². The Morgan fingerprint density at radius 3 is 2.63 bits per heavy atom. The van der Waals surface area contributed by atoms with Crippen LogP contribution in [0.25, 0.3) is 0 Å². The molecule has 1 aromatic carbocycles. The zero-order valence-electron chi connectivity index (χ0n) is 11.9. The molecule has 0 fully saturated rings. The van der Waals surface area contributed by atoms with Crippen molar-refractivity contribution in [2.24, 2.45) is 5.41 Å². The van der Waals surface area contributed by atoms with Gasteiger partial charge in [0.1, 0.15) is 0 Å². The maximum Gasteiger partial charge on any atom is 0.340 e. The largest absolute Gasteiger partial charge is 0.465 e. The second kappa shape index (κ2) is 5.93. The minimum atomic E-state index is -0.453. The van der Waals surface area contributed by atoms with Crippen LogP contribution in [0.1, 0.15) is 29.8 Å². The highest BCUT2D eigenvalue weighted by Crippen LogP contribution is 2.24. The van der Waals surface area contributed by atoms with Crippen molar-refractivity contribution in [1.29, 1.82) is 0 Å². The Morgan fingerprint density at radius 1 is 1.47 bits per heavy atom. The average molecular weight is 266 g/mol. The number of carbonyl (C=O) groups is 1. The lowest BCUT2D eigenvalue weighted by atomic mass is 9.94. The number of nitrogens with one attached hydrogen (secondary N) is 1. The number of methoxy groups -OCH3 is 1. The van der Waals surface area contributed by atoms with Gasteiger partial charge in [-0.25, -0.2) is 4.79 Å². The van der Waals surface area contributed by atoms with Crippen LogP contribution in [0, 0.1) is 12.3 Å². The zero-order valence-corrected chi connectivity index (χ0v) is 11.9. The van der Waals surface area contributed by atoms with Crippen molar-refractivity contribution in [1.82, 2.24) is 0 Å². The van der Waals surface area contributed by atoms with Crippen LogP contribution in [0.2, 0.25) is 0 Å². The fraction of sp³-hybridized carbons (Fsp3) is 0.500. The molecule has 106 valence electrons. The van der Waals surface area contributed by atoms with Crippen LogP contribution in [-0.4, -0.2) is 31.3 Å². The fourth-order valence-corrected chi connectivity index (χ4v) is 1.58. The van der Waals surface area contributed by atoms with Gasteiger partial charge < -0.3 is 20.9 Å². The summed E-state index contributed by atoms with van der Waals surface area (Å²) in [6, 6.07) is 3.54. The minimum absolute atomic E-state index is 0.0812. The second-order valence-electron chi connectivity index (χ2n) is 5.42. The van der Waals surface area contributed by atoms with E-state index in [-0.39, 0.29) is 12.0 Å². The van der Waals surface area contributed by atoms with Gasteiger partial charge in [-0.1, -0.05) is 13.8 Å². The Kier molecular flexibility index (Phi) is 4.78. The molecule has 0 unspecified atom stereocenters. The predicted molar refractivity (Wildman–Crippen MR) is 76.3 cm³/mol. The fourth-order valence-electron chi connectivity index (χ4n) is 1.58. The van der Waals surface area contributed by atoms with Crippen molar-refractivity contribution < 1.29 is 14.6 Å². The van der Waals surface area contributed by atoms with Crippen molar-refractivity contribution in [3.05, 3.63) is 23.3 Å². The van der Waals surface area contributed by atoms with Gasteiger partial charge in [-0.2, -0.15) is 0 Å². The van der Waals surface area contributed by atoms with E-state index < -0.39 is 5.97 Å². The second-order valence-corrected chi connectivity index (χ2v) is 5.42. The van der Waals surface area contributed by atoms with Gasteiger partial charge in [0.2, 0.25) is 0 Å². The molecule has 0 bridgehead atoms. The summed E-state index contributed by atoms with van der Waals surface area (Å²) in [7, 11) is 1.33. The molecular formula is C14H22N2O3. The molecular weight excluding hydrogens is 244 g/mol. The van der Waals surface area contributed by atoms with Crippen molar-refractivity contribution in [3.8, 4) is 0 Å². The molecule has 0 radical (unpaired) electrons. The molecule has 0 saturated carbocycles. The Labute approximate surface area is 113 Å². The third-order valence-electron chi connectivity index (χ3n) is 2.99. The number of hydrogen-bond acceptors (Lipinski definition) is 5. The number of rotatable bonds is 5. The number of aliphatic hydroxyl groups is 1. The highest BCUT2D eigenvalue weighted by atomic mass is 16.5. The number of aliphatic hydroxyl groups excluding tert-OH is 1. The van der Waals surface area contributed by atoms with Gasteiger partial charge in [-0.3, -0.25) is 0 Å². The summed E-state index contributed by atoms with van der Waals surface area (Å²) >= 11 is 0. The molecule has 5 heteroatoms. The SMILES string of the molecule is COC(=O)c1cc(NCC(C)(C)CO)cc(C)c1N. The summed E-state index contributed by atoms with van der Waals surface area (Å²) in [5, 5.41) is 12.4. The Balaban J connectivity index is 2.98. The molecule has 0 amide bonds. The third kappa shape index (κ3) is 3.86. The van der Waals surface area contributed by atoms with Crippen molar-refractivity contribution in [2.75, 3.05) is 31.3 Å². The molecule has 1 aromatic rings. The predicted octanol–water partition coefficient (Wildman–Crippen LogP) is 1.79. The number of hydrogen-bond donors (Lipinski definition) is 3. The molecule has 0 aliphatic heterocycles. The van der Waals surface area contributed by atoms with Gasteiger partial charge in [0.15, 0.2) is 0 Å². The summed E-state index contributed by atoms with van der Waals surface area (Å²) in [4.78, 5) is 11.6. The van der Waals surface area contributed by atoms with Crippen LogP contribution in [0.4, 0.5) is 11.4 Å². The van der Waals surface area contributed by atoms with Crippen molar-refractivity contribution in [2.45, 2.75) is 20.8 Å². The Morgan fingerprint density at radius 2 is 2.11 bits per heavy atom. The monoisotopic (exact) mass is 266 g/mol. The van der Waals surface area contributed by atoms with Gasteiger partial charge in [-0.05, 0) is 24.6 Å². The van der Waals surface area contributed by atoms with Gasteiger partial charge in [0.25, 0.3) is 0 Å². The molecule has 5 nitrogen and oxygen atoms in total. The summed E-state index contributed by atoms with van der Waals surface area (Å²) in [5.41, 5.74) is 8.01. The van der Waals surface area contributed by atoms with E-state index in [4.69, 9.17) is 10.5 Å². The normalized spacial score (nSPS) is 11.2. The lowest BCUT2D eigenvalue weighted by Crippen LogP contribution is -2.27. The zero-order chi connectivity index (χ0) is 14.6. The Bertz CT molecular complexity index is 470. The van der Waals surface area contributed by atoms with E-state index in [1.165, 1.54) is 7.11 Å². The lowest BCUT2D eigenvalue weighted by Gasteiger charge is -2.23. The number of nitrogens with two attached hydrogens (primary N) is 1. The van der Waals surface area contributed by atoms with Gasteiger partial charge in [-0.15, -0.1) is 0 Å². The Hall–Kier alpha value is -1.75. The molecule has 0 aliphatic rings. The van der Waals surface area contributed by atoms with Crippen molar-refractivity contribution >= 4 is 17.3 Å². The first kappa shape index (κ1) is 15.3. The number of benzene rings is 1. The summed E-state index contributed by atoms with van der Waals surface area (Å²) in [6.45, 7) is 6.41. The van der Waals surface area contributed by atoms with E-state index >= 15 is 0 Å². The van der Waals surface area contributed by atoms with E-state index in [0.717, 1.165) is 11.3 Å². The van der Waals surface area contributed by atoms with E-state index in [1.54, 1.807) is 6.07 Å². The highest BCUT2D eigenvalue weighted by molar-refractivity contribution is 5.97. The van der Waals surface area contributed by atoms with Crippen LogP contribution in [0.15, 0.2) is 12.1 Å². The van der Waals surface area contributed by atoms with Gasteiger partial charge >= 0.3 is 5.97 Å². The van der Waals surface area contributed by atoms with Crippen LogP contribution >= 0.6 is 0 Å². The van der Waals surface area contributed by atoms with Crippen LogP contribution in [0.3, 0.4) is 0 Å². The van der Waals surface area contributed by atoms with Crippen molar-refractivity contribution in [3.63, 3.8) is 0 Å². The number of ether oxygens (including phenoxy) is 1. The molecule has 0 spiro atoms. The molecule has 0 saturated heterocycles. The highest BCUT2D eigenvalue weighted by Gasteiger charge is 2.17. The summed E-state index contributed by atoms with van der Waals surface area (Å²) < 4.78 is 4.71. The van der Waals surface area contributed by atoms with Gasteiger partial charge in [0.05, 0.1) is 12.7 Å². The smallest absolute Gasteiger partial charge is 0.340 e. The average Bonchev–Trinajstić information content (AvgIpc) is 2.39. The standard InChI is InChI=1S/C14H22N2O3/c1-9-5-10(16-7-14(2,3)8-17)6-11(12(9)15)13(18)19-4/h5-6,16-17H,7-8,15H2,1-4H3. The number of anilines is 2. The first-order valence-electron chi connectivity index (χ1n) is 6.14. The lowest BCUT2D eigenvalue weighted by molar-refractivity contribution is 0.0602. The maximum atomic E-state index is 11.6. The van der Waals surface area contributed by atoms with Crippen LogP contribution in [-0.2, 0) is 4.74 Å². The number of aryl methyl sites for hydroxylation is 1. The maximum absolute atomic E-state index is 11.6. The minimum Gasteiger partial charge on any atom is -0.465 e. The van der Waals surface area contributed by atoms with Crippen LogP contribution < -0.4 is 11.1 Å². The molecule has 4 N–H and O–H groups in total. The summed E-state index contributed by atoms with van der Waals surface area (Å²) in [6.07, 6.45) is 0. The molecule has 1 rings (SSSR count). The molecule has 0 heterocycles. The quantitative estimate of drug-likeness (QED) is 0.559. The molecule has 0 atom stereocenters. The molecule has 0 aromatic heterocycles.